The monoisotopic (exact) mass is 557 g/mol. The van der Waals surface area contributed by atoms with Gasteiger partial charge in [-0.25, -0.2) is 0 Å². The Kier molecular flexibility index (Phi) is 9.90. The second-order valence-corrected chi connectivity index (χ2v) is 16.7. The highest BCUT2D eigenvalue weighted by Crippen LogP contribution is 2.57. The SMILES string of the molecule is Cc1cccc(N(C2CCCCC2)C2CCCCC2)c1-c1c(C)cccc1P(C1CCCCC1)C1CCCCC1. The van der Waals surface area contributed by atoms with Crippen LogP contribution in [0.5, 0.6) is 0 Å². The van der Waals surface area contributed by atoms with Gasteiger partial charge < -0.3 is 4.90 Å². The van der Waals surface area contributed by atoms with E-state index in [1.165, 1.54) is 140 Å². The van der Waals surface area contributed by atoms with Gasteiger partial charge in [0.1, 0.15) is 0 Å². The Morgan fingerprint density at radius 3 is 1.43 bits per heavy atom. The van der Waals surface area contributed by atoms with Crippen molar-refractivity contribution in [3.05, 3.63) is 47.5 Å². The zero-order valence-electron chi connectivity index (χ0n) is 25.8. The summed E-state index contributed by atoms with van der Waals surface area (Å²) < 4.78 is 0. The third-order valence-corrected chi connectivity index (χ3v) is 14.7. The van der Waals surface area contributed by atoms with Crippen LogP contribution in [0, 0.1) is 13.8 Å². The molecule has 0 bridgehead atoms. The molecule has 6 rings (SSSR count). The summed E-state index contributed by atoms with van der Waals surface area (Å²) >= 11 is 0. The zero-order valence-corrected chi connectivity index (χ0v) is 26.7. The topological polar surface area (TPSA) is 3.24 Å². The molecular formula is C38H56NP. The molecule has 0 N–H and O–H groups in total. The van der Waals surface area contributed by atoms with Crippen molar-refractivity contribution in [2.24, 2.45) is 0 Å². The molecule has 4 fully saturated rings. The van der Waals surface area contributed by atoms with Crippen molar-refractivity contribution in [2.45, 2.75) is 166 Å². The lowest BCUT2D eigenvalue weighted by molar-refractivity contribution is 0.340. The molecule has 4 aliphatic carbocycles. The summed E-state index contributed by atoms with van der Waals surface area (Å²) in [5, 5.41) is 1.79. The smallest absolute Gasteiger partial charge is 0.0453 e. The number of hydrogen-bond donors (Lipinski definition) is 0. The molecule has 0 atom stereocenters. The Morgan fingerprint density at radius 2 is 0.925 bits per heavy atom. The van der Waals surface area contributed by atoms with E-state index in [-0.39, 0.29) is 7.92 Å². The normalized spacial score (nSPS) is 22.6. The molecule has 4 saturated carbocycles. The Balaban J connectivity index is 1.49. The van der Waals surface area contributed by atoms with Gasteiger partial charge in [-0.15, -0.1) is 0 Å². The van der Waals surface area contributed by atoms with Crippen molar-refractivity contribution in [1.82, 2.24) is 0 Å². The lowest BCUT2D eigenvalue weighted by Crippen LogP contribution is -2.45. The van der Waals surface area contributed by atoms with E-state index < -0.39 is 0 Å². The molecule has 2 heteroatoms. The molecule has 0 aliphatic heterocycles. The van der Waals surface area contributed by atoms with Gasteiger partial charge in [-0.2, -0.15) is 0 Å². The third-order valence-electron chi connectivity index (χ3n) is 11.2. The molecular weight excluding hydrogens is 501 g/mol. The van der Waals surface area contributed by atoms with Crippen molar-refractivity contribution in [2.75, 3.05) is 4.90 Å². The van der Waals surface area contributed by atoms with Crippen LogP contribution in [0.4, 0.5) is 5.69 Å². The van der Waals surface area contributed by atoms with Crippen LogP contribution in [-0.2, 0) is 0 Å². The Hall–Kier alpha value is -1.33. The molecule has 2 aromatic rings. The van der Waals surface area contributed by atoms with Gasteiger partial charge in [-0.05, 0) is 105 Å². The molecule has 0 unspecified atom stereocenters. The highest BCUT2D eigenvalue weighted by Gasteiger charge is 2.36. The fraction of sp³-hybridized carbons (Fsp3) is 0.684. The molecule has 0 radical (unpaired) electrons. The number of hydrogen-bond acceptors (Lipinski definition) is 1. The van der Waals surface area contributed by atoms with Crippen molar-refractivity contribution < 1.29 is 0 Å². The van der Waals surface area contributed by atoms with Crippen LogP contribution in [-0.4, -0.2) is 23.4 Å². The highest BCUT2D eigenvalue weighted by atomic mass is 31.1. The summed E-state index contributed by atoms with van der Waals surface area (Å²) in [4.78, 5) is 3.03. The first-order valence-electron chi connectivity index (χ1n) is 17.5. The molecule has 1 nitrogen and oxygen atoms in total. The van der Waals surface area contributed by atoms with Crippen LogP contribution in [0.2, 0.25) is 0 Å². The molecule has 0 amide bonds. The Bertz CT molecular complexity index is 959. The van der Waals surface area contributed by atoms with Gasteiger partial charge in [-0.1, -0.05) is 115 Å². The van der Waals surface area contributed by atoms with Crippen molar-refractivity contribution in [1.29, 1.82) is 0 Å². The largest absolute Gasteiger partial charge is 0.365 e. The van der Waals surface area contributed by atoms with E-state index in [2.05, 4.69) is 55.1 Å². The van der Waals surface area contributed by atoms with Gasteiger partial charge >= 0.3 is 0 Å². The van der Waals surface area contributed by atoms with Crippen LogP contribution in [0.3, 0.4) is 0 Å². The van der Waals surface area contributed by atoms with E-state index in [4.69, 9.17) is 0 Å². The molecule has 0 aromatic heterocycles. The molecule has 218 valence electrons. The molecule has 0 heterocycles. The van der Waals surface area contributed by atoms with Crippen molar-refractivity contribution >= 4 is 18.9 Å². The van der Waals surface area contributed by atoms with Gasteiger partial charge in [-0.3, -0.25) is 0 Å². The summed E-state index contributed by atoms with van der Waals surface area (Å²) in [5.41, 5.74) is 9.78. The number of benzene rings is 2. The maximum absolute atomic E-state index is 3.03. The Labute approximate surface area is 247 Å². The van der Waals surface area contributed by atoms with Crippen LogP contribution in [0.15, 0.2) is 36.4 Å². The lowest BCUT2D eigenvalue weighted by atomic mass is 9.86. The average Bonchev–Trinajstić information content (AvgIpc) is 3.01. The first kappa shape index (κ1) is 28.8. The number of anilines is 1. The van der Waals surface area contributed by atoms with Crippen LogP contribution >= 0.6 is 7.92 Å². The highest BCUT2D eigenvalue weighted by molar-refractivity contribution is 7.67. The number of nitrogens with zero attached hydrogens (tertiary/aromatic N) is 1. The van der Waals surface area contributed by atoms with Crippen molar-refractivity contribution in [3.8, 4) is 11.1 Å². The minimum atomic E-state index is -0.144. The predicted molar refractivity (Wildman–Crippen MR) is 178 cm³/mol. The van der Waals surface area contributed by atoms with Gasteiger partial charge in [0.15, 0.2) is 0 Å². The van der Waals surface area contributed by atoms with E-state index in [0.29, 0.717) is 0 Å². The summed E-state index contributed by atoms with van der Waals surface area (Å²) in [7, 11) is -0.144. The van der Waals surface area contributed by atoms with E-state index in [9.17, 15) is 0 Å². The van der Waals surface area contributed by atoms with E-state index in [0.717, 1.165) is 23.4 Å². The Morgan fingerprint density at radius 1 is 0.500 bits per heavy atom. The minimum absolute atomic E-state index is 0.144. The summed E-state index contributed by atoms with van der Waals surface area (Å²) in [6.07, 6.45) is 28.8. The van der Waals surface area contributed by atoms with Crippen LogP contribution in [0.1, 0.15) is 140 Å². The molecule has 2 aromatic carbocycles. The second-order valence-electron chi connectivity index (χ2n) is 13.9. The second kappa shape index (κ2) is 13.8. The molecule has 4 aliphatic rings. The lowest BCUT2D eigenvalue weighted by Gasteiger charge is -2.45. The quantitative estimate of drug-likeness (QED) is 0.306. The fourth-order valence-electron chi connectivity index (χ4n) is 9.21. The summed E-state index contributed by atoms with van der Waals surface area (Å²) in [6.45, 7) is 4.87. The fourth-order valence-corrected chi connectivity index (χ4v) is 13.2. The van der Waals surface area contributed by atoms with Crippen LogP contribution < -0.4 is 10.2 Å². The minimum Gasteiger partial charge on any atom is -0.365 e. The van der Waals surface area contributed by atoms with Crippen molar-refractivity contribution in [3.63, 3.8) is 0 Å². The van der Waals surface area contributed by atoms with Gasteiger partial charge in [0.05, 0.1) is 0 Å². The van der Waals surface area contributed by atoms with E-state index >= 15 is 0 Å². The molecule has 0 spiro atoms. The van der Waals surface area contributed by atoms with Crippen LogP contribution in [0.25, 0.3) is 11.1 Å². The number of rotatable bonds is 7. The maximum Gasteiger partial charge on any atom is 0.0453 e. The molecule has 40 heavy (non-hydrogen) atoms. The van der Waals surface area contributed by atoms with Gasteiger partial charge in [0.25, 0.3) is 0 Å². The molecule has 0 saturated heterocycles. The van der Waals surface area contributed by atoms with Gasteiger partial charge in [0.2, 0.25) is 0 Å². The average molecular weight is 558 g/mol. The van der Waals surface area contributed by atoms with Gasteiger partial charge in [0, 0.05) is 23.3 Å². The standard InChI is InChI=1S/C38H56NP/c1-29-17-15-27-35(39(31-19-7-3-8-20-31)32-21-9-4-10-22-32)37(29)38-30(2)18-16-28-36(38)40(33-23-11-5-12-24-33)34-25-13-6-14-26-34/h15-18,27-28,31-34H,3-14,19-26H2,1-2H3. The summed E-state index contributed by atoms with van der Waals surface area (Å²) in [5.74, 6) is 0. The first-order chi connectivity index (χ1) is 19.7. The number of aryl methyl sites for hydroxylation is 2. The maximum atomic E-state index is 3.03. The van der Waals surface area contributed by atoms with E-state index in [1.54, 1.807) is 22.1 Å². The predicted octanol–water partition coefficient (Wildman–Crippen LogP) is 11.2. The third kappa shape index (κ3) is 6.21. The zero-order chi connectivity index (χ0) is 27.3. The summed E-state index contributed by atoms with van der Waals surface area (Å²) in [6, 6.07) is 16.3. The van der Waals surface area contributed by atoms with E-state index in [1.807, 2.05) is 0 Å². The first-order valence-corrected chi connectivity index (χ1v) is 19.0.